The molecule has 120 valence electrons. The Balaban J connectivity index is 3.13. The fourth-order valence-corrected chi connectivity index (χ4v) is 2.52. The van der Waals surface area contributed by atoms with E-state index >= 15 is 0 Å². The molecule has 0 unspecified atom stereocenters. The van der Waals surface area contributed by atoms with Gasteiger partial charge in [0, 0.05) is 0 Å². The van der Waals surface area contributed by atoms with Crippen LogP contribution in [-0.2, 0) is 20.7 Å². The molecule has 1 aromatic rings. The van der Waals surface area contributed by atoms with Gasteiger partial charge in [-0.25, -0.2) is 0 Å². The van der Waals surface area contributed by atoms with Crippen LogP contribution < -0.4 is 0 Å². The van der Waals surface area contributed by atoms with Crippen molar-refractivity contribution in [3.63, 3.8) is 0 Å². The summed E-state index contributed by atoms with van der Waals surface area (Å²) in [4.78, 5) is 24.6. The first-order valence-electron chi connectivity index (χ1n) is 7.75. The summed E-state index contributed by atoms with van der Waals surface area (Å²) in [5, 5.41) is 0. The predicted molar refractivity (Wildman–Crippen MR) is 88.8 cm³/mol. The van der Waals surface area contributed by atoms with E-state index in [0.717, 1.165) is 5.56 Å². The van der Waals surface area contributed by atoms with E-state index in [9.17, 15) is 9.59 Å². The normalized spacial score (nSPS) is 13.5. The number of carbonyl (C=O) groups excluding carboxylic acids is 2. The van der Waals surface area contributed by atoms with Crippen LogP contribution in [0.1, 0.15) is 51.2 Å². The average Bonchev–Trinajstić information content (AvgIpc) is 2.47. The monoisotopic (exact) mass is 302 g/mol. The van der Waals surface area contributed by atoms with Gasteiger partial charge in [0.25, 0.3) is 0 Å². The molecule has 0 radical (unpaired) electrons. The van der Waals surface area contributed by atoms with Crippen LogP contribution in [0.5, 0.6) is 0 Å². The largest absolute Gasteiger partial charge is 0.465 e. The summed E-state index contributed by atoms with van der Waals surface area (Å²) in [7, 11) is 0. The van der Waals surface area contributed by atoms with Gasteiger partial charge in [-0.15, -0.1) is 6.58 Å². The van der Waals surface area contributed by atoms with Gasteiger partial charge in [0.05, 0.1) is 6.61 Å². The summed E-state index contributed by atoms with van der Waals surface area (Å²) >= 11 is 0. The highest BCUT2D eigenvalue weighted by Gasteiger charge is 2.43. The number of esters is 1. The number of ketones is 1. The standard InChI is InChI=1S/C19H26O3/c1-6-12-19(15(5)20,18(21)22-7-2)13-16-8-10-17(11-9-16)14(3)4/h6,8-11,14H,1,7,12-13H2,2-5H3/t19-/m1/s1. The van der Waals surface area contributed by atoms with Gasteiger partial charge in [0.15, 0.2) is 0 Å². The molecule has 0 N–H and O–H groups in total. The van der Waals surface area contributed by atoms with E-state index in [2.05, 4.69) is 20.4 Å². The Kier molecular flexibility index (Phi) is 6.54. The smallest absolute Gasteiger partial charge is 0.320 e. The number of carbonyl (C=O) groups is 2. The van der Waals surface area contributed by atoms with E-state index in [0.29, 0.717) is 12.3 Å². The highest BCUT2D eigenvalue weighted by atomic mass is 16.5. The summed E-state index contributed by atoms with van der Waals surface area (Å²) in [6.45, 7) is 11.4. The fourth-order valence-electron chi connectivity index (χ4n) is 2.52. The summed E-state index contributed by atoms with van der Waals surface area (Å²) < 4.78 is 5.15. The molecule has 3 nitrogen and oxygen atoms in total. The summed E-state index contributed by atoms with van der Waals surface area (Å²) in [5.74, 6) is -0.195. The number of benzene rings is 1. The first-order chi connectivity index (χ1) is 10.4. The van der Waals surface area contributed by atoms with Crippen molar-refractivity contribution in [3.8, 4) is 0 Å². The van der Waals surface area contributed by atoms with Crippen molar-refractivity contribution < 1.29 is 14.3 Å². The first kappa shape index (κ1) is 18.1. The third-order valence-corrected chi connectivity index (χ3v) is 3.99. The maximum Gasteiger partial charge on any atom is 0.320 e. The molecule has 0 aliphatic rings. The number of hydrogen-bond donors (Lipinski definition) is 0. The molecular weight excluding hydrogens is 276 g/mol. The van der Waals surface area contributed by atoms with Crippen molar-refractivity contribution in [2.24, 2.45) is 5.41 Å². The Labute approximate surface area is 133 Å². The predicted octanol–water partition coefficient (Wildman–Crippen LogP) is 4.07. The van der Waals surface area contributed by atoms with Crippen molar-refractivity contribution in [1.29, 1.82) is 0 Å². The second kappa shape index (κ2) is 7.92. The third-order valence-electron chi connectivity index (χ3n) is 3.99. The number of rotatable bonds is 8. The van der Waals surface area contributed by atoms with Crippen LogP contribution in [0.3, 0.4) is 0 Å². The first-order valence-corrected chi connectivity index (χ1v) is 7.75. The molecule has 0 aliphatic carbocycles. The van der Waals surface area contributed by atoms with Gasteiger partial charge in [0.1, 0.15) is 11.2 Å². The van der Waals surface area contributed by atoms with Crippen LogP contribution >= 0.6 is 0 Å². The van der Waals surface area contributed by atoms with Crippen LogP contribution in [0, 0.1) is 5.41 Å². The van der Waals surface area contributed by atoms with E-state index in [1.807, 2.05) is 24.3 Å². The SMILES string of the molecule is C=CC[C@@](Cc1ccc(C(C)C)cc1)(C(C)=O)C(=O)OCC. The maximum absolute atomic E-state index is 12.4. The summed E-state index contributed by atoms with van der Waals surface area (Å²) in [6.07, 6.45) is 2.24. The summed E-state index contributed by atoms with van der Waals surface area (Å²) in [5.41, 5.74) is 1.02. The average molecular weight is 302 g/mol. The molecule has 0 bridgehead atoms. The molecule has 0 saturated heterocycles. The molecule has 1 atom stereocenters. The highest BCUT2D eigenvalue weighted by Crippen LogP contribution is 2.31. The molecule has 0 heterocycles. The van der Waals surface area contributed by atoms with Crippen molar-refractivity contribution >= 4 is 11.8 Å². The van der Waals surface area contributed by atoms with E-state index in [1.54, 1.807) is 13.0 Å². The third kappa shape index (κ3) is 4.06. The van der Waals surface area contributed by atoms with E-state index in [4.69, 9.17) is 4.74 Å². The number of hydrogen-bond acceptors (Lipinski definition) is 3. The number of ether oxygens (including phenoxy) is 1. The minimum atomic E-state index is -1.17. The molecule has 1 aromatic carbocycles. The van der Waals surface area contributed by atoms with Crippen molar-refractivity contribution in [1.82, 2.24) is 0 Å². The van der Waals surface area contributed by atoms with Crippen LogP contribution in [0.25, 0.3) is 0 Å². The van der Waals surface area contributed by atoms with Crippen LogP contribution in [0.2, 0.25) is 0 Å². The Morgan fingerprint density at radius 3 is 2.27 bits per heavy atom. The molecule has 0 saturated carbocycles. The highest BCUT2D eigenvalue weighted by molar-refractivity contribution is 6.03. The molecular formula is C19H26O3. The molecule has 0 aliphatic heterocycles. The van der Waals surface area contributed by atoms with Crippen LogP contribution in [0.4, 0.5) is 0 Å². The maximum atomic E-state index is 12.4. The van der Waals surface area contributed by atoms with E-state index < -0.39 is 11.4 Å². The van der Waals surface area contributed by atoms with Gasteiger partial charge in [-0.05, 0) is 43.7 Å². The van der Waals surface area contributed by atoms with E-state index in [-0.39, 0.29) is 18.8 Å². The molecule has 0 spiro atoms. The zero-order valence-electron chi connectivity index (χ0n) is 14.0. The zero-order valence-corrected chi connectivity index (χ0v) is 14.0. The molecule has 22 heavy (non-hydrogen) atoms. The minimum absolute atomic E-state index is 0.182. The van der Waals surface area contributed by atoms with Crippen LogP contribution in [0.15, 0.2) is 36.9 Å². The van der Waals surface area contributed by atoms with Gasteiger partial charge in [-0.1, -0.05) is 44.2 Å². The fraction of sp³-hybridized carbons (Fsp3) is 0.474. The molecule has 1 rings (SSSR count). The van der Waals surface area contributed by atoms with Gasteiger partial charge in [-0.3, -0.25) is 9.59 Å². The Bertz CT molecular complexity index is 528. The lowest BCUT2D eigenvalue weighted by molar-refractivity contribution is -0.159. The Morgan fingerprint density at radius 2 is 1.86 bits per heavy atom. The lowest BCUT2D eigenvalue weighted by atomic mass is 9.75. The Hall–Kier alpha value is -1.90. The summed E-state index contributed by atoms with van der Waals surface area (Å²) in [6, 6.07) is 8.05. The van der Waals surface area contributed by atoms with Crippen molar-refractivity contribution in [2.45, 2.75) is 46.5 Å². The lowest BCUT2D eigenvalue weighted by Crippen LogP contribution is -2.41. The second-order valence-corrected chi connectivity index (χ2v) is 5.92. The van der Waals surface area contributed by atoms with Gasteiger partial charge < -0.3 is 4.74 Å². The van der Waals surface area contributed by atoms with Crippen LogP contribution in [-0.4, -0.2) is 18.4 Å². The second-order valence-electron chi connectivity index (χ2n) is 5.92. The molecule has 0 aromatic heterocycles. The quantitative estimate of drug-likeness (QED) is 0.413. The number of allylic oxidation sites excluding steroid dienone is 1. The molecule has 0 amide bonds. The number of Topliss-reactive ketones (excluding diaryl/α,β-unsaturated/α-hetero) is 1. The molecule has 0 fully saturated rings. The molecule has 3 heteroatoms. The minimum Gasteiger partial charge on any atom is -0.465 e. The topological polar surface area (TPSA) is 43.4 Å². The van der Waals surface area contributed by atoms with Gasteiger partial charge in [-0.2, -0.15) is 0 Å². The Morgan fingerprint density at radius 1 is 1.27 bits per heavy atom. The van der Waals surface area contributed by atoms with E-state index in [1.165, 1.54) is 12.5 Å². The van der Waals surface area contributed by atoms with Gasteiger partial charge >= 0.3 is 5.97 Å². The zero-order chi connectivity index (χ0) is 16.8. The lowest BCUT2D eigenvalue weighted by Gasteiger charge is -2.28. The van der Waals surface area contributed by atoms with Crippen molar-refractivity contribution in [2.75, 3.05) is 6.61 Å². The van der Waals surface area contributed by atoms with Crippen molar-refractivity contribution in [3.05, 3.63) is 48.0 Å². The van der Waals surface area contributed by atoms with Gasteiger partial charge in [0.2, 0.25) is 0 Å².